The molecule has 53 heavy (non-hydrogen) atoms. The van der Waals surface area contributed by atoms with Crippen LogP contribution in [-0.4, -0.2) is 62.8 Å². The van der Waals surface area contributed by atoms with Crippen LogP contribution in [0.1, 0.15) is 79.8 Å². The van der Waals surface area contributed by atoms with Crippen molar-refractivity contribution in [2.75, 3.05) is 19.6 Å². The van der Waals surface area contributed by atoms with Gasteiger partial charge in [0.1, 0.15) is 11.4 Å². The number of halogens is 3. The van der Waals surface area contributed by atoms with Crippen molar-refractivity contribution in [3.8, 4) is 11.4 Å². The molecule has 0 fully saturated rings. The summed E-state index contributed by atoms with van der Waals surface area (Å²) in [7, 11) is 0. The monoisotopic (exact) mass is 728 g/mol. The first kappa shape index (κ1) is 37.4. The van der Waals surface area contributed by atoms with Gasteiger partial charge in [-0.15, -0.1) is 0 Å². The van der Waals surface area contributed by atoms with Gasteiger partial charge in [0.25, 0.3) is 5.91 Å². The summed E-state index contributed by atoms with van der Waals surface area (Å²) < 4.78 is 48.2. The van der Waals surface area contributed by atoms with Crippen LogP contribution in [0.4, 0.5) is 18.0 Å². The Morgan fingerprint density at radius 2 is 1.66 bits per heavy atom. The standard InChI is InChI=1S/C41H43F3N4O5/c1-38(2,3)53-37(52)45-20-22-48-32-16-15-27(41(42,43)44)23-31(32)46-34(48)28-9-7-8-10-29(28)35(49)47-21-18-33-39(4,5)30(17-19-40(33,6)24-47)25-11-13-26(14-12-25)36(50)51/h7-18,23H,19-22,24H2,1-6H3,(H,45,52)(H,50,51)/t40-/m1/s1. The van der Waals surface area contributed by atoms with Crippen LogP contribution in [0.3, 0.4) is 0 Å². The molecule has 1 aliphatic carbocycles. The minimum absolute atomic E-state index is 0.0948. The SMILES string of the molecule is CC(C)(C)OC(=O)NCCn1c(-c2ccccc2C(=O)N2CC=C3C(C)(C)C(c4ccc(C(=O)O)cc4)=CC[C@]3(C)C2)nc2cc(C(F)(F)F)ccc21. The number of benzene rings is 3. The van der Waals surface area contributed by atoms with Crippen molar-refractivity contribution in [2.45, 2.75) is 66.3 Å². The number of carboxylic acid groups (broad SMARTS) is 1. The second kappa shape index (κ2) is 13.5. The first-order chi connectivity index (χ1) is 24.8. The number of alkyl carbamates (subject to hydrolysis) is 1. The van der Waals surface area contributed by atoms with Gasteiger partial charge in [-0.1, -0.05) is 68.8 Å². The Kier molecular flexibility index (Phi) is 9.55. The lowest BCUT2D eigenvalue weighted by atomic mass is 9.58. The molecular weight excluding hydrogens is 685 g/mol. The largest absolute Gasteiger partial charge is 0.478 e. The number of carbonyl (C=O) groups is 3. The van der Waals surface area contributed by atoms with Crippen molar-refractivity contribution in [3.63, 3.8) is 0 Å². The molecule has 0 bridgehead atoms. The highest BCUT2D eigenvalue weighted by Gasteiger charge is 2.46. The lowest BCUT2D eigenvalue weighted by Gasteiger charge is -2.50. The van der Waals surface area contributed by atoms with Gasteiger partial charge in [0.2, 0.25) is 0 Å². The first-order valence-corrected chi connectivity index (χ1v) is 17.5. The molecule has 6 rings (SSSR count). The van der Waals surface area contributed by atoms with E-state index in [2.05, 4.69) is 43.2 Å². The molecule has 4 aromatic rings. The van der Waals surface area contributed by atoms with Gasteiger partial charge in [-0.25, -0.2) is 14.6 Å². The molecule has 1 aliphatic heterocycles. The van der Waals surface area contributed by atoms with Crippen LogP contribution in [0.2, 0.25) is 0 Å². The van der Waals surface area contributed by atoms with E-state index in [1.54, 1.807) is 66.6 Å². The number of aromatic carboxylic acids is 1. The summed E-state index contributed by atoms with van der Waals surface area (Å²) in [5.74, 6) is -0.921. The summed E-state index contributed by atoms with van der Waals surface area (Å²) in [6.07, 6.45) is -0.258. The van der Waals surface area contributed by atoms with Crippen molar-refractivity contribution < 1.29 is 37.4 Å². The number of nitrogens with zero attached hydrogens (tertiary/aromatic N) is 3. The maximum Gasteiger partial charge on any atom is 0.416 e. The number of alkyl halides is 3. The van der Waals surface area contributed by atoms with Gasteiger partial charge in [-0.05, 0) is 74.7 Å². The van der Waals surface area contributed by atoms with E-state index in [-0.39, 0.29) is 35.5 Å². The van der Waals surface area contributed by atoms with Crippen LogP contribution < -0.4 is 5.32 Å². The molecule has 1 atom stereocenters. The van der Waals surface area contributed by atoms with Crippen LogP contribution >= 0.6 is 0 Å². The molecular formula is C41H43F3N4O5. The smallest absolute Gasteiger partial charge is 0.416 e. The summed E-state index contributed by atoms with van der Waals surface area (Å²) in [6, 6.07) is 17.2. The maximum atomic E-state index is 14.5. The zero-order chi connectivity index (χ0) is 38.5. The number of rotatable bonds is 7. The molecule has 2 amide bonds. The molecule has 2 aliphatic rings. The predicted molar refractivity (Wildman–Crippen MR) is 196 cm³/mol. The Balaban J connectivity index is 1.32. The van der Waals surface area contributed by atoms with Crippen LogP contribution in [0.5, 0.6) is 0 Å². The van der Waals surface area contributed by atoms with Gasteiger partial charge in [-0.3, -0.25) is 4.79 Å². The molecule has 12 heteroatoms. The Bertz CT molecular complexity index is 2160. The van der Waals surface area contributed by atoms with Crippen LogP contribution in [0.15, 0.2) is 84.5 Å². The van der Waals surface area contributed by atoms with Crippen LogP contribution in [0, 0.1) is 10.8 Å². The number of carboxylic acids is 1. The number of hydrogen-bond donors (Lipinski definition) is 2. The third-order valence-electron chi connectivity index (χ3n) is 10.0. The third-order valence-corrected chi connectivity index (χ3v) is 10.0. The number of fused-ring (bicyclic) bond motifs is 2. The first-order valence-electron chi connectivity index (χ1n) is 17.5. The van der Waals surface area contributed by atoms with Crippen molar-refractivity contribution in [2.24, 2.45) is 10.8 Å². The number of amides is 2. The molecule has 9 nitrogen and oxygen atoms in total. The van der Waals surface area contributed by atoms with Crippen molar-refractivity contribution in [1.29, 1.82) is 0 Å². The highest BCUT2D eigenvalue weighted by Crippen LogP contribution is 2.55. The van der Waals surface area contributed by atoms with Gasteiger partial charge in [0.05, 0.1) is 27.7 Å². The zero-order valence-corrected chi connectivity index (χ0v) is 30.6. The van der Waals surface area contributed by atoms with E-state index in [1.165, 1.54) is 11.6 Å². The predicted octanol–water partition coefficient (Wildman–Crippen LogP) is 8.85. The van der Waals surface area contributed by atoms with Gasteiger partial charge in [0, 0.05) is 42.6 Å². The molecule has 0 radical (unpaired) electrons. The number of allylic oxidation sites excluding steroid dienone is 2. The Morgan fingerprint density at radius 3 is 2.32 bits per heavy atom. The van der Waals surface area contributed by atoms with E-state index >= 15 is 0 Å². The molecule has 0 unspecified atom stereocenters. The molecule has 2 heterocycles. The highest BCUT2D eigenvalue weighted by molar-refractivity contribution is 6.01. The quantitative estimate of drug-likeness (QED) is 0.184. The van der Waals surface area contributed by atoms with Gasteiger partial charge in [0.15, 0.2) is 0 Å². The van der Waals surface area contributed by atoms with Crippen molar-refractivity contribution in [3.05, 3.63) is 107 Å². The Morgan fingerprint density at radius 1 is 0.962 bits per heavy atom. The second-order valence-electron chi connectivity index (χ2n) is 15.5. The molecule has 0 spiro atoms. The van der Waals surface area contributed by atoms with E-state index in [0.717, 1.165) is 23.3 Å². The summed E-state index contributed by atoms with van der Waals surface area (Å²) >= 11 is 0. The lowest BCUT2D eigenvalue weighted by molar-refractivity contribution is -0.137. The molecule has 1 aromatic heterocycles. The normalized spacial score (nSPS) is 18.5. The van der Waals surface area contributed by atoms with E-state index in [9.17, 15) is 32.7 Å². The molecule has 0 saturated carbocycles. The Labute approximate surface area is 306 Å². The fourth-order valence-electron chi connectivity index (χ4n) is 7.71. The fourth-order valence-corrected chi connectivity index (χ4v) is 7.71. The average Bonchev–Trinajstić information content (AvgIpc) is 3.44. The molecule has 278 valence electrons. The van der Waals surface area contributed by atoms with Crippen LogP contribution in [0.25, 0.3) is 28.0 Å². The van der Waals surface area contributed by atoms with Crippen molar-refractivity contribution >= 4 is 34.6 Å². The number of nitrogens with one attached hydrogen (secondary N) is 1. The Hall–Kier alpha value is -5.39. The highest BCUT2D eigenvalue weighted by atomic mass is 19.4. The number of ether oxygens (including phenoxy) is 1. The minimum atomic E-state index is -4.57. The van der Waals surface area contributed by atoms with E-state index in [4.69, 9.17) is 4.74 Å². The molecule has 2 N–H and O–H groups in total. The van der Waals surface area contributed by atoms with E-state index < -0.39 is 34.8 Å². The van der Waals surface area contributed by atoms with Gasteiger partial charge < -0.3 is 24.6 Å². The number of carbonyl (C=O) groups excluding carboxylic acids is 2. The lowest BCUT2D eigenvalue weighted by Crippen LogP contribution is -2.48. The van der Waals surface area contributed by atoms with Crippen molar-refractivity contribution in [1.82, 2.24) is 19.8 Å². The molecule has 0 saturated heterocycles. The number of aromatic nitrogens is 2. The second-order valence-corrected chi connectivity index (χ2v) is 15.5. The fraction of sp³-hybridized carbons (Fsp3) is 0.366. The number of hydrogen-bond acceptors (Lipinski definition) is 5. The third kappa shape index (κ3) is 7.45. The average molecular weight is 729 g/mol. The summed E-state index contributed by atoms with van der Waals surface area (Å²) in [6.45, 7) is 12.7. The summed E-state index contributed by atoms with van der Waals surface area (Å²) in [5.41, 5.74) is 2.46. The van der Waals surface area contributed by atoms with Crippen LogP contribution in [-0.2, 0) is 17.5 Å². The van der Waals surface area contributed by atoms with E-state index in [0.29, 0.717) is 42.0 Å². The zero-order valence-electron chi connectivity index (χ0n) is 30.6. The summed E-state index contributed by atoms with van der Waals surface area (Å²) in [4.78, 5) is 44.7. The topological polar surface area (TPSA) is 114 Å². The molecule has 3 aromatic carbocycles. The van der Waals surface area contributed by atoms with Gasteiger partial charge in [-0.2, -0.15) is 13.2 Å². The summed E-state index contributed by atoms with van der Waals surface area (Å²) in [5, 5.41) is 12.1. The maximum absolute atomic E-state index is 14.5. The van der Waals surface area contributed by atoms with Gasteiger partial charge >= 0.3 is 18.2 Å². The minimum Gasteiger partial charge on any atom is -0.478 e. The van der Waals surface area contributed by atoms with E-state index in [1.807, 2.05) is 12.1 Å². The number of imidazole rings is 1.